The molecule has 0 saturated heterocycles. The van der Waals surface area contributed by atoms with Crippen LogP contribution in [0.25, 0.3) is 0 Å². The first-order valence-corrected chi connectivity index (χ1v) is 35.0. The van der Waals surface area contributed by atoms with Crippen LogP contribution in [0.3, 0.4) is 0 Å². The first-order valence-electron chi connectivity index (χ1n) is 33.5. The highest BCUT2D eigenvalue weighted by Gasteiger charge is 2.28. The lowest BCUT2D eigenvalue weighted by Gasteiger charge is -2.25. The van der Waals surface area contributed by atoms with Crippen LogP contribution in [0, 0.1) is 0 Å². The van der Waals surface area contributed by atoms with E-state index in [0.29, 0.717) is 17.4 Å². The molecule has 0 bridgehead atoms. The Kier molecular flexibility index (Phi) is 57.9. The van der Waals surface area contributed by atoms with Crippen molar-refractivity contribution in [1.82, 2.24) is 5.32 Å². The Hall–Kier alpha value is -1.54. The monoisotopic (exact) mass is 1100 g/mol. The van der Waals surface area contributed by atoms with E-state index in [9.17, 15) is 19.4 Å². The number of carbonyl (C=O) groups is 1. The maximum absolute atomic E-state index is 13.0. The number of aliphatic hydroxyl groups excluding tert-OH is 1. The maximum atomic E-state index is 13.0. The molecule has 0 fully saturated rings. The molecule has 3 unspecified atom stereocenters. The molecule has 0 aromatic carbocycles. The molecule has 8 nitrogen and oxygen atoms in total. The van der Waals surface area contributed by atoms with Gasteiger partial charge >= 0.3 is 7.82 Å². The number of hydrogen-bond acceptors (Lipinski definition) is 5. The van der Waals surface area contributed by atoms with Crippen molar-refractivity contribution in [2.24, 2.45) is 0 Å². The summed E-state index contributed by atoms with van der Waals surface area (Å²) in [5.74, 6) is -0.181. The number of nitrogens with one attached hydrogen (secondary N) is 1. The lowest BCUT2D eigenvalue weighted by molar-refractivity contribution is -0.870. The van der Waals surface area contributed by atoms with Crippen LogP contribution >= 0.6 is 7.82 Å². The molecule has 0 spiro atoms. The van der Waals surface area contributed by atoms with Crippen molar-refractivity contribution >= 4 is 13.7 Å². The number of amides is 1. The van der Waals surface area contributed by atoms with E-state index in [2.05, 4.69) is 55.6 Å². The van der Waals surface area contributed by atoms with Crippen LogP contribution in [0.4, 0.5) is 0 Å². The van der Waals surface area contributed by atoms with Crippen molar-refractivity contribution in [3.05, 3.63) is 48.6 Å². The minimum Gasteiger partial charge on any atom is -0.387 e. The molecule has 0 aliphatic heterocycles. The highest BCUT2D eigenvalue weighted by Crippen LogP contribution is 2.43. The Labute approximate surface area is 479 Å². The van der Waals surface area contributed by atoms with E-state index >= 15 is 0 Å². The predicted molar refractivity (Wildman–Crippen MR) is 337 cm³/mol. The van der Waals surface area contributed by atoms with Gasteiger partial charge in [-0.05, 0) is 64.2 Å². The fourth-order valence-corrected chi connectivity index (χ4v) is 10.8. The summed E-state index contributed by atoms with van der Waals surface area (Å²) >= 11 is 0. The summed E-state index contributed by atoms with van der Waals surface area (Å²) in [6.45, 7) is 4.82. The number of likely N-dealkylation sites (N-methyl/N-ethyl adjacent to an activating group) is 1. The van der Waals surface area contributed by atoms with Crippen molar-refractivity contribution in [1.29, 1.82) is 0 Å². The van der Waals surface area contributed by atoms with Gasteiger partial charge < -0.3 is 19.8 Å². The van der Waals surface area contributed by atoms with Crippen LogP contribution in [-0.4, -0.2) is 73.4 Å². The molecule has 0 aliphatic carbocycles. The molecular formula is C68H132N2O6P+. The van der Waals surface area contributed by atoms with Gasteiger partial charge in [-0.1, -0.05) is 306 Å². The SMILES string of the molecule is CCCCCCC/C=C\C/C=C\CCCCCCCCCCCCCCCCCCCCCCCCCCCCCC(=O)NC(COP(=O)(O)OCC[N+](C)(C)C)C(O)/C=C/CC/C=C/CCCCCCCCCCCC. The van der Waals surface area contributed by atoms with E-state index in [1.54, 1.807) is 6.08 Å². The number of allylic oxidation sites excluding steroid dienone is 7. The number of unbranched alkanes of at least 4 members (excludes halogenated alkanes) is 43. The highest BCUT2D eigenvalue weighted by molar-refractivity contribution is 7.47. The van der Waals surface area contributed by atoms with Gasteiger partial charge in [0.05, 0.1) is 39.9 Å². The lowest BCUT2D eigenvalue weighted by atomic mass is 10.0. The molecular weight excluding hydrogens is 972 g/mol. The molecule has 0 saturated carbocycles. The first kappa shape index (κ1) is 75.5. The largest absolute Gasteiger partial charge is 0.472 e. The van der Waals surface area contributed by atoms with Crippen LogP contribution in [0.1, 0.15) is 328 Å². The fourth-order valence-electron chi connectivity index (χ4n) is 10.0. The van der Waals surface area contributed by atoms with E-state index in [1.807, 2.05) is 27.2 Å². The Morgan fingerprint density at radius 1 is 0.442 bits per heavy atom. The number of hydrogen-bond donors (Lipinski definition) is 3. The van der Waals surface area contributed by atoms with Crippen molar-refractivity contribution in [2.75, 3.05) is 40.9 Å². The van der Waals surface area contributed by atoms with Gasteiger partial charge in [0.1, 0.15) is 13.2 Å². The summed E-state index contributed by atoms with van der Waals surface area (Å²) in [6, 6.07) is -0.862. The normalized spacial score (nSPS) is 14.0. The standard InChI is InChI=1S/C68H131N2O6P/c1-6-8-10-12-14-16-18-20-22-24-25-26-27-28-29-30-31-32-33-34-35-36-37-38-39-40-41-42-43-44-45-46-48-50-52-54-56-58-60-62-68(72)69-66(65-76-77(73,74)75-64-63-70(3,4)5)67(71)61-59-57-55-53-51-49-47-23-21-19-17-15-13-11-9-7-2/h18,20,24-25,51,53,59,61,66-67,71H,6-17,19,21-23,26-50,52,54-58,60,62-65H2,1-5H3,(H-,69,72,73,74)/p+1/b20-18-,25-24-,53-51+,61-59+. The summed E-state index contributed by atoms with van der Waals surface area (Å²) in [6.07, 6.45) is 79.8. The molecule has 3 N–H and O–H groups in total. The Morgan fingerprint density at radius 2 is 0.753 bits per heavy atom. The molecule has 0 heterocycles. The van der Waals surface area contributed by atoms with E-state index in [4.69, 9.17) is 9.05 Å². The number of phosphoric acid groups is 1. The third-order valence-corrected chi connectivity index (χ3v) is 16.3. The van der Waals surface area contributed by atoms with Gasteiger partial charge in [-0.25, -0.2) is 4.57 Å². The molecule has 0 aromatic heterocycles. The minimum atomic E-state index is -4.35. The van der Waals surface area contributed by atoms with Crippen molar-refractivity contribution in [3.63, 3.8) is 0 Å². The molecule has 77 heavy (non-hydrogen) atoms. The molecule has 0 radical (unpaired) electrons. The van der Waals surface area contributed by atoms with Gasteiger partial charge in [0.25, 0.3) is 0 Å². The van der Waals surface area contributed by atoms with Gasteiger partial charge in [-0.15, -0.1) is 0 Å². The molecule has 3 atom stereocenters. The van der Waals surface area contributed by atoms with Crippen molar-refractivity contribution < 1.29 is 32.9 Å². The number of aliphatic hydroxyl groups is 1. The van der Waals surface area contributed by atoms with Crippen LogP contribution in [0.15, 0.2) is 48.6 Å². The van der Waals surface area contributed by atoms with Crippen molar-refractivity contribution in [3.8, 4) is 0 Å². The molecule has 0 rings (SSSR count). The van der Waals surface area contributed by atoms with Gasteiger partial charge in [-0.2, -0.15) is 0 Å². The molecule has 454 valence electrons. The Balaban J connectivity index is 3.92. The predicted octanol–water partition coefficient (Wildman–Crippen LogP) is 21.1. The molecule has 1 amide bonds. The van der Waals surface area contributed by atoms with Crippen LogP contribution in [0.2, 0.25) is 0 Å². The summed E-state index contributed by atoms with van der Waals surface area (Å²) in [7, 11) is 1.57. The number of rotatable bonds is 62. The summed E-state index contributed by atoms with van der Waals surface area (Å²) < 4.78 is 23.7. The highest BCUT2D eigenvalue weighted by atomic mass is 31.2. The number of quaternary nitrogens is 1. The van der Waals surface area contributed by atoms with Crippen LogP contribution in [0.5, 0.6) is 0 Å². The molecule has 9 heteroatoms. The van der Waals surface area contributed by atoms with Gasteiger partial charge in [0, 0.05) is 6.42 Å². The van der Waals surface area contributed by atoms with Crippen molar-refractivity contribution in [2.45, 2.75) is 341 Å². The Morgan fingerprint density at radius 3 is 1.12 bits per heavy atom. The van der Waals surface area contributed by atoms with Crippen LogP contribution in [-0.2, 0) is 18.4 Å². The quantitative estimate of drug-likeness (QED) is 0.0243. The zero-order valence-electron chi connectivity index (χ0n) is 52.0. The Bertz CT molecular complexity index is 1390. The van der Waals surface area contributed by atoms with Gasteiger partial charge in [0.2, 0.25) is 5.91 Å². The molecule has 0 aliphatic rings. The third-order valence-electron chi connectivity index (χ3n) is 15.3. The summed E-state index contributed by atoms with van der Waals surface area (Å²) in [5.41, 5.74) is 0. The van der Waals surface area contributed by atoms with E-state index in [-0.39, 0.29) is 19.1 Å². The van der Waals surface area contributed by atoms with Gasteiger partial charge in [-0.3, -0.25) is 13.8 Å². The smallest absolute Gasteiger partial charge is 0.387 e. The number of carbonyl (C=O) groups excluding carboxylic acids is 1. The van der Waals surface area contributed by atoms with Crippen LogP contribution < -0.4 is 5.32 Å². The second-order valence-corrected chi connectivity index (χ2v) is 25.6. The summed E-state index contributed by atoms with van der Waals surface area (Å²) in [5, 5.41) is 13.9. The second kappa shape index (κ2) is 59.1. The first-order chi connectivity index (χ1) is 37.5. The third kappa shape index (κ3) is 61.9. The number of nitrogens with zero attached hydrogens (tertiary/aromatic N) is 1. The van der Waals surface area contributed by atoms with E-state index < -0.39 is 20.0 Å². The number of phosphoric ester groups is 1. The lowest BCUT2D eigenvalue weighted by Crippen LogP contribution is -2.45. The maximum Gasteiger partial charge on any atom is 0.472 e. The van der Waals surface area contributed by atoms with Gasteiger partial charge in [0.15, 0.2) is 0 Å². The van der Waals surface area contributed by atoms with E-state index in [0.717, 1.165) is 44.9 Å². The zero-order valence-corrected chi connectivity index (χ0v) is 52.9. The second-order valence-electron chi connectivity index (χ2n) is 24.2. The molecule has 0 aromatic rings. The topological polar surface area (TPSA) is 105 Å². The average Bonchev–Trinajstić information content (AvgIpc) is 3.39. The minimum absolute atomic E-state index is 0.0575. The van der Waals surface area contributed by atoms with E-state index in [1.165, 1.54) is 263 Å². The fraction of sp³-hybridized carbons (Fsp3) is 0.868. The zero-order chi connectivity index (χ0) is 56.3. The summed E-state index contributed by atoms with van der Waals surface area (Å²) in [4.78, 5) is 23.3. The average molecular weight is 1100 g/mol.